The molecule has 0 aromatic heterocycles. The summed E-state index contributed by atoms with van der Waals surface area (Å²) >= 11 is 0. The highest BCUT2D eigenvalue weighted by atomic mass is 16.1. The van der Waals surface area contributed by atoms with Crippen LogP contribution in [0.5, 0.6) is 0 Å². The van der Waals surface area contributed by atoms with E-state index in [0.29, 0.717) is 28.2 Å². The zero-order valence-electron chi connectivity index (χ0n) is 17.1. The topological polar surface area (TPSA) is 66.6 Å². The molecule has 0 saturated carbocycles. The van der Waals surface area contributed by atoms with Crippen LogP contribution < -0.4 is 10.6 Å². The standard InChI is InChI=1S/C26H23N3O2/c27-18-12-14-20(15-13-18)29(19-8-2-1-3-9-19)24-23(28-16-6-7-17-28)25(30)21-10-4-5-11-22(21)26(24)31/h1-5,8-15H,6-7,16-17,27H2. The summed E-state index contributed by atoms with van der Waals surface area (Å²) in [6.45, 7) is 1.54. The van der Waals surface area contributed by atoms with Crippen LogP contribution in [0.4, 0.5) is 17.1 Å². The van der Waals surface area contributed by atoms with Gasteiger partial charge in [-0.25, -0.2) is 0 Å². The van der Waals surface area contributed by atoms with Crippen molar-refractivity contribution in [2.45, 2.75) is 12.8 Å². The average Bonchev–Trinajstić information content (AvgIpc) is 3.34. The summed E-state index contributed by atoms with van der Waals surface area (Å²) in [6, 6.07) is 24.2. The number of para-hydroxylation sites is 1. The number of allylic oxidation sites excluding steroid dienone is 2. The summed E-state index contributed by atoms with van der Waals surface area (Å²) in [5.41, 5.74) is 9.98. The molecule has 0 bridgehead atoms. The van der Waals surface area contributed by atoms with Crippen LogP contribution in [-0.2, 0) is 0 Å². The highest BCUT2D eigenvalue weighted by Gasteiger charge is 2.39. The Morgan fingerprint density at radius 2 is 1.23 bits per heavy atom. The number of carbonyl (C=O) groups is 2. The Bertz CT molecular complexity index is 1180. The molecule has 1 heterocycles. The lowest BCUT2D eigenvalue weighted by atomic mass is 9.88. The number of ketones is 2. The molecule has 154 valence electrons. The van der Waals surface area contributed by atoms with Crippen molar-refractivity contribution in [2.24, 2.45) is 0 Å². The van der Waals surface area contributed by atoms with Gasteiger partial charge in [-0.3, -0.25) is 9.59 Å². The van der Waals surface area contributed by atoms with Gasteiger partial charge in [-0.2, -0.15) is 0 Å². The number of Topliss-reactive ketones (excluding diaryl/α,β-unsaturated/α-hetero) is 2. The fourth-order valence-electron chi connectivity index (χ4n) is 4.40. The number of benzene rings is 3. The summed E-state index contributed by atoms with van der Waals surface area (Å²) in [5, 5.41) is 0. The summed E-state index contributed by atoms with van der Waals surface area (Å²) < 4.78 is 0. The molecule has 0 amide bonds. The normalized spacial score (nSPS) is 15.9. The molecule has 1 fully saturated rings. The summed E-state index contributed by atoms with van der Waals surface area (Å²) in [6.07, 6.45) is 2.01. The third-order valence-corrected chi connectivity index (χ3v) is 5.88. The van der Waals surface area contributed by atoms with Crippen molar-refractivity contribution in [3.05, 3.63) is 101 Å². The van der Waals surface area contributed by atoms with Crippen LogP contribution in [0.3, 0.4) is 0 Å². The molecule has 2 aliphatic rings. The van der Waals surface area contributed by atoms with Gasteiger partial charge in [0.1, 0.15) is 11.4 Å². The average molecular weight is 409 g/mol. The largest absolute Gasteiger partial charge is 0.399 e. The fourth-order valence-corrected chi connectivity index (χ4v) is 4.40. The van der Waals surface area contributed by atoms with Crippen LogP contribution in [-0.4, -0.2) is 29.6 Å². The van der Waals surface area contributed by atoms with E-state index >= 15 is 0 Å². The first-order valence-corrected chi connectivity index (χ1v) is 10.5. The SMILES string of the molecule is Nc1ccc(N(C2=C(N3CCCC3)C(=O)c3ccccc3C2=O)c2ccccc2)cc1. The summed E-state index contributed by atoms with van der Waals surface area (Å²) in [7, 11) is 0. The van der Waals surface area contributed by atoms with Crippen molar-refractivity contribution in [3.8, 4) is 0 Å². The zero-order valence-corrected chi connectivity index (χ0v) is 17.1. The van der Waals surface area contributed by atoms with Crippen LogP contribution in [0, 0.1) is 0 Å². The van der Waals surface area contributed by atoms with Crippen molar-refractivity contribution in [1.29, 1.82) is 0 Å². The van der Waals surface area contributed by atoms with Gasteiger partial charge in [0.15, 0.2) is 0 Å². The number of hydrogen-bond donors (Lipinski definition) is 1. The van der Waals surface area contributed by atoms with E-state index in [2.05, 4.69) is 4.90 Å². The Hall–Kier alpha value is -3.86. The number of nitrogen functional groups attached to an aromatic ring is 1. The maximum Gasteiger partial charge on any atom is 0.212 e. The molecular weight excluding hydrogens is 386 g/mol. The molecule has 1 aliphatic heterocycles. The van der Waals surface area contributed by atoms with Crippen LogP contribution in [0.25, 0.3) is 0 Å². The van der Waals surface area contributed by atoms with Crippen molar-refractivity contribution in [3.63, 3.8) is 0 Å². The van der Waals surface area contributed by atoms with Gasteiger partial charge in [0.05, 0.1) is 0 Å². The number of nitrogens with zero attached hydrogens (tertiary/aromatic N) is 2. The lowest BCUT2D eigenvalue weighted by Crippen LogP contribution is -2.38. The molecule has 5 heteroatoms. The van der Waals surface area contributed by atoms with Crippen LogP contribution in [0.2, 0.25) is 0 Å². The van der Waals surface area contributed by atoms with Gasteiger partial charge >= 0.3 is 0 Å². The number of anilines is 3. The minimum Gasteiger partial charge on any atom is -0.399 e. The smallest absolute Gasteiger partial charge is 0.212 e. The Labute approximate surface area is 181 Å². The van der Waals surface area contributed by atoms with E-state index in [-0.39, 0.29) is 11.6 Å². The molecule has 5 rings (SSSR count). The Kier molecular flexibility index (Phi) is 4.79. The highest BCUT2D eigenvalue weighted by molar-refractivity contribution is 6.28. The predicted molar refractivity (Wildman–Crippen MR) is 122 cm³/mol. The second-order valence-corrected chi connectivity index (χ2v) is 7.86. The maximum atomic E-state index is 13.9. The molecule has 0 spiro atoms. The van der Waals surface area contributed by atoms with E-state index in [1.54, 1.807) is 18.2 Å². The second kappa shape index (κ2) is 7.76. The van der Waals surface area contributed by atoms with Gasteiger partial charge < -0.3 is 15.5 Å². The van der Waals surface area contributed by atoms with Crippen LogP contribution >= 0.6 is 0 Å². The highest BCUT2D eigenvalue weighted by Crippen LogP contribution is 2.38. The predicted octanol–water partition coefficient (Wildman–Crippen LogP) is 4.79. The molecular formula is C26H23N3O2. The maximum absolute atomic E-state index is 13.9. The molecule has 5 nitrogen and oxygen atoms in total. The monoisotopic (exact) mass is 409 g/mol. The third-order valence-electron chi connectivity index (χ3n) is 5.88. The Morgan fingerprint density at radius 3 is 1.87 bits per heavy atom. The summed E-state index contributed by atoms with van der Waals surface area (Å²) in [4.78, 5) is 31.5. The van der Waals surface area contributed by atoms with Gasteiger partial charge in [-0.05, 0) is 49.2 Å². The number of nitrogens with two attached hydrogens (primary N) is 1. The van der Waals surface area contributed by atoms with Gasteiger partial charge in [0.2, 0.25) is 11.6 Å². The van der Waals surface area contributed by atoms with Gasteiger partial charge in [0.25, 0.3) is 0 Å². The molecule has 0 radical (unpaired) electrons. The number of fused-ring (bicyclic) bond motifs is 1. The molecule has 3 aromatic rings. The van der Waals surface area contributed by atoms with Gasteiger partial charge in [-0.15, -0.1) is 0 Å². The van der Waals surface area contributed by atoms with E-state index in [9.17, 15) is 9.59 Å². The minimum absolute atomic E-state index is 0.0940. The number of likely N-dealkylation sites (tertiary alicyclic amines) is 1. The second-order valence-electron chi connectivity index (χ2n) is 7.86. The van der Waals surface area contributed by atoms with Crippen LogP contribution in [0.15, 0.2) is 90.3 Å². The fraction of sp³-hybridized carbons (Fsp3) is 0.154. The first-order chi connectivity index (χ1) is 15.1. The third kappa shape index (κ3) is 3.28. The molecule has 0 atom stereocenters. The van der Waals surface area contributed by atoms with E-state index in [1.165, 1.54) is 0 Å². The first-order valence-electron chi connectivity index (χ1n) is 10.5. The molecule has 2 N–H and O–H groups in total. The quantitative estimate of drug-likeness (QED) is 0.628. The Balaban J connectivity index is 1.79. The lowest BCUT2D eigenvalue weighted by molar-refractivity contribution is 0.0945. The molecule has 1 aliphatic carbocycles. The molecule has 3 aromatic carbocycles. The van der Waals surface area contributed by atoms with Crippen molar-refractivity contribution in [1.82, 2.24) is 4.90 Å². The molecule has 1 saturated heterocycles. The van der Waals surface area contributed by atoms with E-state index < -0.39 is 0 Å². The van der Waals surface area contributed by atoms with E-state index in [0.717, 1.165) is 37.3 Å². The van der Waals surface area contributed by atoms with E-state index in [1.807, 2.05) is 65.6 Å². The zero-order chi connectivity index (χ0) is 21.4. The number of rotatable bonds is 4. The first kappa shape index (κ1) is 19.1. The minimum atomic E-state index is -0.141. The van der Waals surface area contributed by atoms with Crippen molar-refractivity contribution < 1.29 is 9.59 Å². The van der Waals surface area contributed by atoms with Gasteiger partial charge in [-0.1, -0.05) is 42.5 Å². The van der Waals surface area contributed by atoms with Gasteiger partial charge in [0, 0.05) is 41.3 Å². The molecule has 31 heavy (non-hydrogen) atoms. The van der Waals surface area contributed by atoms with Crippen molar-refractivity contribution in [2.75, 3.05) is 23.7 Å². The number of hydrogen-bond acceptors (Lipinski definition) is 5. The van der Waals surface area contributed by atoms with Crippen LogP contribution in [0.1, 0.15) is 33.6 Å². The molecule has 0 unspecified atom stereocenters. The Morgan fingerprint density at radius 1 is 0.677 bits per heavy atom. The van der Waals surface area contributed by atoms with Crippen molar-refractivity contribution >= 4 is 28.6 Å². The lowest BCUT2D eigenvalue weighted by Gasteiger charge is -2.34. The number of carbonyl (C=O) groups excluding carboxylic acids is 2. The van der Waals surface area contributed by atoms with E-state index in [4.69, 9.17) is 5.73 Å². The summed E-state index contributed by atoms with van der Waals surface area (Å²) in [5.74, 6) is -0.235.